The van der Waals surface area contributed by atoms with Crippen LogP contribution in [0.5, 0.6) is 5.75 Å². The smallest absolute Gasteiger partial charge is 0.214 e. The molecule has 1 saturated heterocycles. The summed E-state index contributed by atoms with van der Waals surface area (Å²) in [5.41, 5.74) is 2.47. The predicted octanol–water partition coefficient (Wildman–Crippen LogP) is 5.39. The van der Waals surface area contributed by atoms with E-state index in [2.05, 4.69) is 36.6 Å². The van der Waals surface area contributed by atoms with E-state index in [1.165, 1.54) is 7.11 Å². The highest BCUT2D eigenvalue weighted by atomic mass is 35.5. The summed E-state index contributed by atoms with van der Waals surface area (Å²) in [6, 6.07) is 11.4. The summed E-state index contributed by atoms with van der Waals surface area (Å²) in [5.74, 6) is -0.0488. The fourth-order valence-electron chi connectivity index (χ4n) is 4.97. The Kier molecular flexibility index (Phi) is 10.0. The molecule has 1 atom stereocenters. The van der Waals surface area contributed by atoms with Gasteiger partial charge in [0, 0.05) is 49.4 Å². The normalized spacial score (nSPS) is 17.0. The van der Waals surface area contributed by atoms with Crippen molar-refractivity contribution in [3.8, 4) is 5.75 Å². The maximum atomic E-state index is 15.4. The number of sulfonamides is 1. The van der Waals surface area contributed by atoms with Crippen LogP contribution in [0.2, 0.25) is 5.02 Å². The molecule has 1 aliphatic heterocycles. The molecular formula is C28H41ClFN3O3S. The molecule has 1 unspecified atom stereocenters. The van der Waals surface area contributed by atoms with Gasteiger partial charge < -0.3 is 9.64 Å². The van der Waals surface area contributed by atoms with Crippen molar-refractivity contribution in [1.29, 1.82) is 0 Å². The first kappa shape index (κ1) is 29.8. The van der Waals surface area contributed by atoms with Crippen LogP contribution < -0.4 is 4.74 Å². The number of hydrogen-bond acceptors (Lipinski definition) is 5. The summed E-state index contributed by atoms with van der Waals surface area (Å²) in [6.07, 6.45) is 1.57. The van der Waals surface area contributed by atoms with E-state index in [0.717, 1.165) is 24.1 Å². The van der Waals surface area contributed by atoms with Crippen LogP contribution in [0.3, 0.4) is 0 Å². The Labute approximate surface area is 227 Å². The number of ether oxygens (including phenoxy) is 1. The van der Waals surface area contributed by atoms with Crippen molar-refractivity contribution in [2.75, 3.05) is 40.0 Å². The molecule has 2 aromatic rings. The van der Waals surface area contributed by atoms with E-state index in [9.17, 15) is 8.42 Å². The second-order valence-corrected chi connectivity index (χ2v) is 13.9. The molecule has 37 heavy (non-hydrogen) atoms. The molecule has 1 aliphatic rings. The van der Waals surface area contributed by atoms with E-state index < -0.39 is 15.8 Å². The third-order valence-electron chi connectivity index (χ3n) is 6.61. The summed E-state index contributed by atoms with van der Waals surface area (Å²) in [6.45, 7) is 9.26. The highest BCUT2D eigenvalue weighted by Crippen LogP contribution is 2.32. The molecular weight excluding hydrogens is 513 g/mol. The Bertz CT molecular complexity index is 1170. The van der Waals surface area contributed by atoms with Gasteiger partial charge in [0.1, 0.15) is 0 Å². The zero-order chi connectivity index (χ0) is 27.4. The van der Waals surface area contributed by atoms with Crippen molar-refractivity contribution in [3.05, 3.63) is 63.9 Å². The Hall–Kier alpha value is -1.71. The number of benzene rings is 2. The molecule has 6 nitrogen and oxygen atoms in total. The van der Waals surface area contributed by atoms with Gasteiger partial charge in [-0.3, -0.25) is 4.90 Å². The standard InChI is InChI=1S/C28H41ClFN3O3S/c1-28(2,3)16-23(19-31(4)5)32(20-24-25(29)11-12-26(36-6)27(24)30)17-21-9-7-10-22(15-21)18-33-13-8-14-37(33,34)35/h7,9-12,15,23H,8,13-14,16-20H2,1-6H3. The monoisotopic (exact) mass is 553 g/mol. The number of methoxy groups -OCH3 is 1. The zero-order valence-corrected chi connectivity index (χ0v) is 24.5. The average molecular weight is 554 g/mol. The molecule has 9 heteroatoms. The highest BCUT2D eigenvalue weighted by molar-refractivity contribution is 7.89. The Balaban J connectivity index is 1.95. The molecule has 1 heterocycles. The van der Waals surface area contributed by atoms with Crippen molar-refractivity contribution in [2.45, 2.75) is 59.3 Å². The lowest BCUT2D eigenvalue weighted by molar-refractivity contribution is 0.106. The number of nitrogens with zero attached hydrogens (tertiary/aromatic N) is 3. The van der Waals surface area contributed by atoms with Gasteiger partial charge in [0.2, 0.25) is 10.0 Å². The lowest BCUT2D eigenvalue weighted by Gasteiger charge is -2.38. The van der Waals surface area contributed by atoms with Gasteiger partial charge in [0.25, 0.3) is 0 Å². The van der Waals surface area contributed by atoms with Gasteiger partial charge >= 0.3 is 0 Å². The topological polar surface area (TPSA) is 53.1 Å². The first-order valence-electron chi connectivity index (χ1n) is 12.7. The number of hydrogen-bond donors (Lipinski definition) is 0. The largest absolute Gasteiger partial charge is 0.494 e. The van der Waals surface area contributed by atoms with Crippen LogP contribution in [0, 0.1) is 11.2 Å². The molecule has 0 saturated carbocycles. The molecule has 2 aromatic carbocycles. The molecule has 0 bridgehead atoms. The summed E-state index contributed by atoms with van der Waals surface area (Å²) in [7, 11) is 2.37. The molecule has 3 rings (SSSR count). The van der Waals surface area contributed by atoms with E-state index in [-0.39, 0.29) is 23.0 Å². The molecule has 0 aliphatic carbocycles. The molecule has 0 N–H and O–H groups in total. The van der Waals surface area contributed by atoms with Gasteiger partial charge in [0.05, 0.1) is 12.9 Å². The van der Waals surface area contributed by atoms with Gasteiger partial charge in [-0.2, -0.15) is 4.31 Å². The minimum atomic E-state index is -3.18. The van der Waals surface area contributed by atoms with E-state index >= 15 is 4.39 Å². The molecule has 0 aromatic heterocycles. The number of likely N-dealkylation sites (N-methyl/N-ethyl adjacent to an activating group) is 1. The predicted molar refractivity (Wildman–Crippen MR) is 149 cm³/mol. The first-order valence-corrected chi connectivity index (χ1v) is 14.7. The maximum Gasteiger partial charge on any atom is 0.214 e. The summed E-state index contributed by atoms with van der Waals surface area (Å²) < 4.78 is 46.8. The summed E-state index contributed by atoms with van der Waals surface area (Å²) >= 11 is 6.50. The maximum absolute atomic E-state index is 15.4. The van der Waals surface area contributed by atoms with Crippen molar-refractivity contribution in [2.24, 2.45) is 5.41 Å². The van der Waals surface area contributed by atoms with Crippen LogP contribution in [0.25, 0.3) is 0 Å². The Morgan fingerprint density at radius 1 is 1.14 bits per heavy atom. The average Bonchev–Trinajstić information content (AvgIpc) is 3.12. The molecule has 206 valence electrons. The number of halogens is 2. The van der Waals surface area contributed by atoms with Crippen molar-refractivity contribution in [3.63, 3.8) is 0 Å². The van der Waals surface area contributed by atoms with E-state index in [4.69, 9.17) is 16.3 Å². The van der Waals surface area contributed by atoms with E-state index in [1.807, 2.05) is 32.3 Å². The van der Waals surface area contributed by atoms with Crippen LogP contribution in [0.15, 0.2) is 36.4 Å². The Morgan fingerprint density at radius 3 is 2.43 bits per heavy atom. The van der Waals surface area contributed by atoms with E-state index in [0.29, 0.717) is 43.2 Å². The third-order valence-corrected chi connectivity index (χ3v) is 8.87. The minimum Gasteiger partial charge on any atom is -0.494 e. The van der Waals surface area contributed by atoms with Gasteiger partial charge in [-0.15, -0.1) is 0 Å². The third kappa shape index (κ3) is 8.39. The fourth-order valence-corrected chi connectivity index (χ4v) is 6.68. The summed E-state index contributed by atoms with van der Waals surface area (Å²) in [4.78, 5) is 4.43. The second-order valence-electron chi connectivity index (χ2n) is 11.5. The van der Waals surface area contributed by atoms with Gasteiger partial charge in [-0.05, 0) is 55.6 Å². The minimum absolute atomic E-state index is 0.0571. The molecule has 0 spiro atoms. The van der Waals surface area contributed by atoms with Crippen molar-refractivity contribution >= 4 is 21.6 Å². The van der Waals surface area contributed by atoms with Gasteiger partial charge in [-0.25, -0.2) is 12.8 Å². The quantitative estimate of drug-likeness (QED) is 0.373. The lowest BCUT2D eigenvalue weighted by Crippen LogP contribution is -2.43. The van der Waals surface area contributed by atoms with Crippen LogP contribution in [-0.2, 0) is 29.7 Å². The zero-order valence-electron chi connectivity index (χ0n) is 22.9. The number of rotatable bonds is 11. The second kappa shape index (κ2) is 12.4. The highest BCUT2D eigenvalue weighted by Gasteiger charge is 2.29. The lowest BCUT2D eigenvalue weighted by atomic mass is 9.87. The van der Waals surface area contributed by atoms with Crippen molar-refractivity contribution < 1.29 is 17.5 Å². The van der Waals surface area contributed by atoms with Gasteiger partial charge in [0.15, 0.2) is 11.6 Å². The molecule has 1 fully saturated rings. The first-order chi connectivity index (χ1) is 17.3. The Morgan fingerprint density at radius 2 is 1.84 bits per heavy atom. The van der Waals surface area contributed by atoms with Crippen LogP contribution in [-0.4, -0.2) is 68.6 Å². The molecule has 0 radical (unpaired) electrons. The molecule has 0 amide bonds. The summed E-state index contributed by atoms with van der Waals surface area (Å²) in [5, 5.41) is 0.371. The fraction of sp³-hybridized carbons (Fsp3) is 0.571. The SMILES string of the molecule is COc1ccc(Cl)c(CN(Cc2cccc(CN3CCCS3(=O)=O)c2)C(CN(C)C)CC(C)(C)C)c1F. The van der Waals surface area contributed by atoms with Gasteiger partial charge in [-0.1, -0.05) is 56.6 Å². The van der Waals surface area contributed by atoms with Crippen LogP contribution in [0.1, 0.15) is 50.3 Å². The van der Waals surface area contributed by atoms with Crippen LogP contribution in [0.4, 0.5) is 4.39 Å². The van der Waals surface area contributed by atoms with Crippen LogP contribution >= 0.6 is 11.6 Å². The van der Waals surface area contributed by atoms with E-state index in [1.54, 1.807) is 16.4 Å². The van der Waals surface area contributed by atoms with Crippen molar-refractivity contribution in [1.82, 2.24) is 14.1 Å².